The molecular weight excluding hydrogens is 930 g/mol. The van der Waals surface area contributed by atoms with E-state index >= 15 is 0 Å². The Morgan fingerprint density at radius 1 is 0.425 bits per heavy atom. The van der Waals surface area contributed by atoms with Crippen molar-refractivity contribution < 1.29 is 42.1 Å². The molecule has 2 unspecified atom stereocenters. The molecule has 0 amide bonds. The van der Waals surface area contributed by atoms with Crippen LogP contribution in [0.1, 0.15) is 303 Å². The van der Waals surface area contributed by atoms with Crippen molar-refractivity contribution in [2.75, 3.05) is 47.5 Å². The highest BCUT2D eigenvalue weighted by molar-refractivity contribution is 7.45. The van der Waals surface area contributed by atoms with Gasteiger partial charge in [-0.2, -0.15) is 0 Å². The number of quaternary nitrogens is 1. The van der Waals surface area contributed by atoms with Crippen LogP contribution in [0, 0.1) is 0 Å². The largest absolute Gasteiger partial charge is 0.756 e. The Morgan fingerprint density at radius 3 is 1.11 bits per heavy atom. The lowest BCUT2D eigenvalue weighted by Crippen LogP contribution is -2.37. The molecule has 0 aliphatic rings. The van der Waals surface area contributed by atoms with Gasteiger partial charge in [0.2, 0.25) is 0 Å². The highest BCUT2D eigenvalue weighted by atomic mass is 31.2. The lowest BCUT2D eigenvalue weighted by Gasteiger charge is -2.28. The fourth-order valence-corrected chi connectivity index (χ4v) is 9.77. The van der Waals surface area contributed by atoms with Gasteiger partial charge in [-0.3, -0.25) is 14.2 Å². The fourth-order valence-electron chi connectivity index (χ4n) is 9.04. The van der Waals surface area contributed by atoms with Crippen molar-refractivity contribution in [3.8, 4) is 0 Å². The Morgan fingerprint density at radius 2 is 0.740 bits per heavy atom. The van der Waals surface area contributed by atoms with Crippen LogP contribution >= 0.6 is 7.82 Å². The molecular formula is C63H120NO8P. The van der Waals surface area contributed by atoms with Gasteiger partial charge in [-0.15, -0.1) is 0 Å². The van der Waals surface area contributed by atoms with E-state index in [1.165, 1.54) is 218 Å². The summed E-state index contributed by atoms with van der Waals surface area (Å²) in [5.74, 6) is -0.829. The van der Waals surface area contributed by atoms with E-state index in [-0.39, 0.29) is 32.0 Å². The minimum atomic E-state index is -4.64. The lowest BCUT2D eigenvalue weighted by molar-refractivity contribution is -0.870. The molecule has 0 bridgehead atoms. The normalized spacial score (nSPS) is 13.5. The number of carbonyl (C=O) groups excluding carboxylic acids is 2. The van der Waals surface area contributed by atoms with Crippen LogP contribution in [0.5, 0.6) is 0 Å². The van der Waals surface area contributed by atoms with Gasteiger partial charge in [0.25, 0.3) is 7.82 Å². The monoisotopic (exact) mass is 1050 g/mol. The van der Waals surface area contributed by atoms with E-state index < -0.39 is 26.5 Å². The maximum atomic E-state index is 12.8. The first kappa shape index (κ1) is 71.2. The smallest absolute Gasteiger partial charge is 0.306 e. The van der Waals surface area contributed by atoms with Crippen LogP contribution in [0.25, 0.3) is 0 Å². The van der Waals surface area contributed by atoms with Gasteiger partial charge in [0.15, 0.2) is 6.10 Å². The molecule has 430 valence electrons. The van der Waals surface area contributed by atoms with Crippen LogP contribution in [0.15, 0.2) is 36.5 Å². The topological polar surface area (TPSA) is 111 Å². The standard InChI is InChI=1S/C63H120NO8P/c1-6-8-10-12-14-16-18-20-22-24-26-27-28-29-30-31-32-33-34-35-36-37-38-40-41-43-45-47-49-51-53-55-62(65)69-59-61(60-71-73(67,68)70-58-57-64(3,4)5)72-63(66)56-54-52-50-48-46-44-42-39-25-23-21-19-17-15-13-11-9-7-2/h17,19,23-26,61H,6-16,18,20-22,27-60H2,1-5H3/b19-17-,25-23-,26-24-. The molecule has 0 fully saturated rings. The van der Waals surface area contributed by atoms with Gasteiger partial charge in [-0.1, -0.05) is 256 Å². The van der Waals surface area contributed by atoms with Crippen molar-refractivity contribution >= 4 is 19.8 Å². The van der Waals surface area contributed by atoms with Gasteiger partial charge in [0.05, 0.1) is 27.7 Å². The Balaban J connectivity index is 4.02. The third-order valence-electron chi connectivity index (χ3n) is 13.9. The minimum Gasteiger partial charge on any atom is -0.756 e. The number of esters is 2. The number of allylic oxidation sites excluding steroid dienone is 6. The zero-order chi connectivity index (χ0) is 53.5. The first-order valence-electron chi connectivity index (χ1n) is 31.2. The highest BCUT2D eigenvalue weighted by Gasteiger charge is 2.22. The molecule has 0 N–H and O–H groups in total. The number of phosphoric acid groups is 1. The first-order chi connectivity index (χ1) is 35.5. The van der Waals surface area contributed by atoms with Gasteiger partial charge in [-0.25, -0.2) is 0 Å². The van der Waals surface area contributed by atoms with Crippen molar-refractivity contribution in [1.82, 2.24) is 0 Å². The summed E-state index contributed by atoms with van der Waals surface area (Å²) < 4.78 is 34.2. The van der Waals surface area contributed by atoms with Crippen molar-refractivity contribution in [2.24, 2.45) is 0 Å². The molecule has 2 atom stereocenters. The predicted molar refractivity (Wildman–Crippen MR) is 310 cm³/mol. The van der Waals surface area contributed by atoms with E-state index in [9.17, 15) is 19.0 Å². The van der Waals surface area contributed by atoms with E-state index in [1.54, 1.807) is 0 Å². The predicted octanol–water partition coefficient (Wildman–Crippen LogP) is 18.9. The lowest BCUT2D eigenvalue weighted by atomic mass is 10.0. The molecule has 0 rings (SSSR count). The number of hydrogen-bond acceptors (Lipinski definition) is 8. The van der Waals surface area contributed by atoms with Crippen LogP contribution in [-0.4, -0.2) is 70.0 Å². The second-order valence-electron chi connectivity index (χ2n) is 22.4. The number of carbonyl (C=O) groups is 2. The van der Waals surface area contributed by atoms with Crippen molar-refractivity contribution in [2.45, 2.75) is 309 Å². The molecule has 0 heterocycles. The van der Waals surface area contributed by atoms with E-state index in [1.807, 2.05) is 21.1 Å². The van der Waals surface area contributed by atoms with Gasteiger partial charge in [0.1, 0.15) is 19.8 Å². The molecule has 10 heteroatoms. The number of nitrogens with zero attached hydrogens (tertiary/aromatic N) is 1. The third kappa shape index (κ3) is 59.3. The molecule has 0 radical (unpaired) electrons. The van der Waals surface area contributed by atoms with Crippen LogP contribution in [0.2, 0.25) is 0 Å². The summed E-state index contributed by atoms with van der Waals surface area (Å²) >= 11 is 0. The van der Waals surface area contributed by atoms with Crippen molar-refractivity contribution in [1.29, 1.82) is 0 Å². The SMILES string of the molecule is CCCCCC/C=C\C/C=C\CCCCCCCCCC(=O)OC(COC(=O)CCCCCCCCCCCCCCCCCCCCC/C=C\CCCCCCCCCC)COP(=O)([O-])OCC[N+](C)(C)C. The summed E-state index contributed by atoms with van der Waals surface area (Å²) in [6.45, 7) is 4.26. The number of phosphoric ester groups is 1. The van der Waals surface area contributed by atoms with Gasteiger partial charge < -0.3 is 27.9 Å². The Labute approximate surface area is 452 Å². The number of likely N-dealkylation sites (N-methyl/N-ethyl adjacent to an activating group) is 1. The summed E-state index contributed by atoms with van der Waals surface area (Å²) in [6.07, 6.45) is 67.8. The molecule has 0 saturated heterocycles. The molecule has 0 aliphatic heterocycles. The molecule has 73 heavy (non-hydrogen) atoms. The van der Waals surface area contributed by atoms with Crippen LogP contribution in [0.4, 0.5) is 0 Å². The number of rotatable bonds is 58. The van der Waals surface area contributed by atoms with Crippen molar-refractivity contribution in [3.63, 3.8) is 0 Å². The molecule has 0 aromatic rings. The quantitative estimate of drug-likeness (QED) is 0.0195. The third-order valence-corrected chi connectivity index (χ3v) is 14.8. The summed E-state index contributed by atoms with van der Waals surface area (Å²) in [6, 6.07) is 0. The van der Waals surface area contributed by atoms with E-state index in [2.05, 4.69) is 50.3 Å². The molecule has 0 aromatic carbocycles. The maximum absolute atomic E-state index is 12.8. The second kappa shape index (κ2) is 55.0. The van der Waals surface area contributed by atoms with Crippen molar-refractivity contribution in [3.05, 3.63) is 36.5 Å². The van der Waals surface area contributed by atoms with Gasteiger partial charge in [0, 0.05) is 12.8 Å². The Bertz CT molecular complexity index is 1330. The first-order valence-corrected chi connectivity index (χ1v) is 32.7. The van der Waals surface area contributed by atoms with Gasteiger partial charge in [-0.05, 0) is 70.6 Å². The summed E-state index contributed by atoms with van der Waals surface area (Å²) in [4.78, 5) is 37.9. The number of unbranched alkanes of at least 4 members (excludes halogenated alkanes) is 38. The Kier molecular flexibility index (Phi) is 53.7. The fraction of sp³-hybridized carbons (Fsp3) is 0.873. The summed E-state index contributed by atoms with van der Waals surface area (Å²) in [5, 5.41) is 0. The minimum absolute atomic E-state index is 0.0311. The van der Waals surface area contributed by atoms with Crippen LogP contribution in [0.3, 0.4) is 0 Å². The maximum Gasteiger partial charge on any atom is 0.306 e. The molecule has 0 spiro atoms. The van der Waals surface area contributed by atoms with Crippen LogP contribution in [-0.2, 0) is 32.7 Å². The van der Waals surface area contributed by atoms with Gasteiger partial charge >= 0.3 is 11.9 Å². The average Bonchev–Trinajstić information content (AvgIpc) is 3.35. The number of ether oxygens (including phenoxy) is 2. The second-order valence-corrected chi connectivity index (χ2v) is 23.8. The average molecular weight is 1050 g/mol. The zero-order valence-corrected chi connectivity index (χ0v) is 49.7. The zero-order valence-electron chi connectivity index (χ0n) is 48.9. The van der Waals surface area contributed by atoms with Crippen LogP contribution < -0.4 is 4.89 Å². The highest BCUT2D eigenvalue weighted by Crippen LogP contribution is 2.38. The summed E-state index contributed by atoms with van der Waals surface area (Å²) in [5.41, 5.74) is 0. The molecule has 0 aromatic heterocycles. The Hall–Kier alpha value is -1.77. The van der Waals surface area contributed by atoms with E-state index in [0.717, 1.165) is 51.4 Å². The summed E-state index contributed by atoms with van der Waals surface area (Å²) in [7, 11) is 1.17. The molecule has 0 aliphatic carbocycles. The van der Waals surface area contributed by atoms with E-state index in [0.29, 0.717) is 17.4 Å². The number of hydrogen-bond donors (Lipinski definition) is 0. The van der Waals surface area contributed by atoms with E-state index in [4.69, 9.17) is 18.5 Å². The molecule has 9 nitrogen and oxygen atoms in total. The molecule has 0 saturated carbocycles.